The predicted octanol–water partition coefficient (Wildman–Crippen LogP) is 6.46. The number of ketones is 1. The summed E-state index contributed by atoms with van der Waals surface area (Å²) in [5.41, 5.74) is 1.83. The molecule has 1 atom stereocenters. The highest BCUT2D eigenvalue weighted by atomic mass is 16.5. The number of Topliss-reactive ketones (excluding diaryl/α,β-unsaturated/α-hetero) is 1. The largest absolute Gasteiger partial charge is 0.507 e. The molecule has 1 N–H and O–H groups in total. The lowest BCUT2D eigenvalue weighted by Gasteiger charge is -2.26. The fourth-order valence-corrected chi connectivity index (χ4v) is 4.81. The van der Waals surface area contributed by atoms with Gasteiger partial charge in [0.05, 0.1) is 31.9 Å². The molecule has 0 spiro atoms. The summed E-state index contributed by atoms with van der Waals surface area (Å²) in [5.74, 6) is -0.0582. The summed E-state index contributed by atoms with van der Waals surface area (Å²) in [4.78, 5) is 32.5. The second kappa shape index (κ2) is 14.3. The molecule has 1 aliphatic rings. The summed E-state index contributed by atoms with van der Waals surface area (Å²) >= 11 is 0. The molecular weight excluding hydrogens is 520 g/mol. The van der Waals surface area contributed by atoms with E-state index in [4.69, 9.17) is 14.2 Å². The lowest BCUT2D eigenvalue weighted by molar-refractivity contribution is -0.140. The molecule has 1 amide bonds. The molecule has 0 bridgehead atoms. The van der Waals surface area contributed by atoms with Gasteiger partial charge in [-0.1, -0.05) is 51.3 Å². The number of carbonyl (C=O) groups excluding carboxylic acids is 2. The Kier molecular flexibility index (Phi) is 10.4. The van der Waals surface area contributed by atoms with Crippen LogP contribution in [0.25, 0.3) is 5.76 Å². The minimum absolute atomic E-state index is 0.00781. The van der Waals surface area contributed by atoms with Crippen molar-refractivity contribution in [3.63, 3.8) is 0 Å². The van der Waals surface area contributed by atoms with Crippen molar-refractivity contribution in [2.24, 2.45) is 0 Å². The average molecular weight is 559 g/mol. The van der Waals surface area contributed by atoms with Crippen LogP contribution in [0.4, 0.5) is 0 Å². The van der Waals surface area contributed by atoms with E-state index in [9.17, 15) is 14.7 Å². The minimum atomic E-state index is -0.851. The third-order valence-electron chi connectivity index (χ3n) is 7.03. The zero-order valence-corrected chi connectivity index (χ0v) is 24.0. The predicted molar refractivity (Wildman–Crippen MR) is 157 cm³/mol. The van der Waals surface area contributed by atoms with Crippen LogP contribution < -0.4 is 14.2 Å². The van der Waals surface area contributed by atoms with Crippen molar-refractivity contribution in [2.75, 3.05) is 20.3 Å². The first-order chi connectivity index (χ1) is 20.0. The first-order valence-corrected chi connectivity index (χ1v) is 14.2. The molecule has 216 valence electrons. The number of pyridine rings is 1. The molecule has 1 saturated heterocycles. The maximum absolute atomic E-state index is 13.5. The molecule has 8 heteroatoms. The van der Waals surface area contributed by atoms with Gasteiger partial charge in [0.25, 0.3) is 11.7 Å². The topological polar surface area (TPSA) is 98.2 Å². The van der Waals surface area contributed by atoms with Gasteiger partial charge < -0.3 is 24.2 Å². The molecule has 41 heavy (non-hydrogen) atoms. The number of ether oxygens (including phenoxy) is 3. The van der Waals surface area contributed by atoms with Gasteiger partial charge in [0.15, 0.2) is 11.5 Å². The Morgan fingerprint density at radius 3 is 2.39 bits per heavy atom. The van der Waals surface area contributed by atoms with Crippen LogP contribution in [0.2, 0.25) is 0 Å². The number of hydrogen-bond acceptors (Lipinski definition) is 7. The van der Waals surface area contributed by atoms with Crippen LogP contribution in [-0.4, -0.2) is 47.0 Å². The summed E-state index contributed by atoms with van der Waals surface area (Å²) in [6, 6.07) is 15.0. The van der Waals surface area contributed by atoms with Gasteiger partial charge in [-0.3, -0.25) is 14.6 Å². The van der Waals surface area contributed by atoms with Gasteiger partial charge in [-0.2, -0.15) is 0 Å². The van der Waals surface area contributed by atoms with Crippen LogP contribution in [0.5, 0.6) is 17.2 Å². The number of rotatable bonds is 14. The van der Waals surface area contributed by atoms with Crippen molar-refractivity contribution in [1.29, 1.82) is 0 Å². The molecule has 2 aromatic carbocycles. The number of unbranched alkanes of at least 4 members (excludes halogenated alkanes) is 3. The summed E-state index contributed by atoms with van der Waals surface area (Å²) in [5, 5.41) is 11.5. The van der Waals surface area contributed by atoms with Crippen LogP contribution in [0, 0.1) is 0 Å². The molecule has 1 fully saturated rings. The maximum atomic E-state index is 13.5. The van der Waals surface area contributed by atoms with E-state index in [1.165, 1.54) is 4.90 Å². The number of methoxy groups -OCH3 is 1. The Morgan fingerprint density at radius 1 is 0.902 bits per heavy atom. The lowest BCUT2D eigenvalue weighted by Crippen LogP contribution is -2.29. The molecule has 4 rings (SSSR count). The third-order valence-corrected chi connectivity index (χ3v) is 7.03. The Bertz CT molecular complexity index is 1370. The molecule has 0 saturated carbocycles. The first kappa shape index (κ1) is 29.6. The molecule has 1 aliphatic heterocycles. The highest BCUT2D eigenvalue weighted by Gasteiger charge is 2.46. The van der Waals surface area contributed by atoms with Crippen molar-refractivity contribution in [3.8, 4) is 17.2 Å². The Hall–Kier alpha value is -4.33. The zero-order valence-electron chi connectivity index (χ0n) is 24.0. The van der Waals surface area contributed by atoms with Gasteiger partial charge in [0, 0.05) is 24.5 Å². The third kappa shape index (κ3) is 7.06. The molecule has 2 heterocycles. The van der Waals surface area contributed by atoms with Gasteiger partial charge in [0.2, 0.25) is 0 Å². The van der Waals surface area contributed by atoms with E-state index >= 15 is 0 Å². The van der Waals surface area contributed by atoms with Crippen LogP contribution in [0.15, 0.2) is 72.6 Å². The highest BCUT2D eigenvalue weighted by molar-refractivity contribution is 6.46. The number of aliphatic hydroxyl groups is 1. The molecule has 0 radical (unpaired) electrons. The van der Waals surface area contributed by atoms with E-state index in [1.807, 2.05) is 6.07 Å². The number of carbonyl (C=O) groups is 2. The fraction of sp³-hybridized carbons (Fsp3) is 0.364. The Morgan fingerprint density at radius 2 is 1.66 bits per heavy atom. The smallest absolute Gasteiger partial charge is 0.295 e. The van der Waals surface area contributed by atoms with E-state index in [-0.39, 0.29) is 17.9 Å². The van der Waals surface area contributed by atoms with Gasteiger partial charge in [0.1, 0.15) is 11.5 Å². The first-order valence-electron chi connectivity index (χ1n) is 14.2. The zero-order chi connectivity index (χ0) is 29.2. The molecule has 1 unspecified atom stereocenters. The van der Waals surface area contributed by atoms with Crippen molar-refractivity contribution < 1.29 is 28.9 Å². The summed E-state index contributed by atoms with van der Waals surface area (Å²) in [6.45, 7) is 5.47. The number of aromatic nitrogens is 1. The number of likely N-dealkylation sites (tertiary alicyclic amines) is 1. The number of amides is 1. The van der Waals surface area contributed by atoms with Gasteiger partial charge in [-0.25, -0.2) is 0 Å². The average Bonchev–Trinajstić information content (AvgIpc) is 3.24. The number of aliphatic hydroxyl groups excluding tert-OH is 1. The van der Waals surface area contributed by atoms with Crippen LogP contribution >= 0.6 is 0 Å². The number of hydrogen-bond donors (Lipinski definition) is 1. The molecule has 0 aliphatic carbocycles. The monoisotopic (exact) mass is 558 g/mol. The maximum Gasteiger partial charge on any atom is 0.295 e. The van der Waals surface area contributed by atoms with Crippen molar-refractivity contribution in [3.05, 3.63) is 89.3 Å². The van der Waals surface area contributed by atoms with Crippen LogP contribution in [-0.2, 0) is 16.1 Å². The Labute approximate surface area is 241 Å². The molecule has 8 nitrogen and oxygen atoms in total. The second-order valence-corrected chi connectivity index (χ2v) is 9.98. The number of nitrogens with zero attached hydrogens (tertiary/aromatic N) is 2. The van der Waals surface area contributed by atoms with Crippen LogP contribution in [0.3, 0.4) is 0 Å². The van der Waals surface area contributed by atoms with Crippen molar-refractivity contribution in [1.82, 2.24) is 9.88 Å². The lowest BCUT2D eigenvalue weighted by atomic mass is 9.94. The Balaban J connectivity index is 1.77. The molecular formula is C33H38N2O6. The van der Waals surface area contributed by atoms with E-state index in [0.29, 0.717) is 41.6 Å². The van der Waals surface area contributed by atoms with Crippen LogP contribution in [0.1, 0.15) is 68.7 Å². The van der Waals surface area contributed by atoms with E-state index in [1.54, 1.807) is 68.0 Å². The van der Waals surface area contributed by atoms with Gasteiger partial charge >= 0.3 is 0 Å². The quantitative estimate of drug-likeness (QED) is 0.105. The van der Waals surface area contributed by atoms with Crippen molar-refractivity contribution >= 4 is 17.4 Å². The van der Waals surface area contributed by atoms with E-state index in [0.717, 1.165) is 37.7 Å². The van der Waals surface area contributed by atoms with E-state index < -0.39 is 17.7 Å². The van der Waals surface area contributed by atoms with Gasteiger partial charge in [-0.15, -0.1) is 0 Å². The van der Waals surface area contributed by atoms with E-state index in [2.05, 4.69) is 18.8 Å². The molecule has 3 aromatic rings. The highest BCUT2D eigenvalue weighted by Crippen LogP contribution is 2.43. The molecule has 1 aromatic heterocycles. The SMILES string of the molecule is CCCCCOc1ccc(C2/C(=C(\O)c3cccc(OCCCC)c3)C(=O)C(=O)N2Cc2ccncc2)cc1OC. The normalized spacial score (nSPS) is 16.2. The van der Waals surface area contributed by atoms with Crippen molar-refractivity contribution in [2.45, 2.75) is 58.5 Å². The summed E-state index contributed by atoms with van der Waals surface area (Å²) < 4.78 is 17.4. The number of benzene rings is 2. The summed E-state index contributed by atoms with van der Waals surface area (Å²) in [6.07, 6.45) is 8.24. The summed E-state index contributed by atoms with van der Waals surface area (Å²) in [7, 11) is 1.55. The standard InChI is InChI=1S/C33H38N2O6/c1-4-6-8-19-41-27-13-12-24(21-28(27)39-3)30-29(31(36)25-10-9-11-26(20-25)40-18-7-5-2)32(37)33(38)35(30)22-23-14-16-34-17-15-23/h9-17,20-21,30,36H,4-8,18-19,22H2,1-3H3/b31-29+. The second-order valence-electron chi connectivity index (χ2n) is 9.98. The van der Waals surface area contributed by atoms with Gasteiger partial charge in [-0.05, 0) is 60.4 Å². The fourth-order valence-electron chi connectivity index (χ4n) is 4.81. The minimum Gasteiger partial charge on any atom is -0.507 e.